The smallest absolute Gasteiger partial charge is 0.0152 e. The number of hydrogen-bond donors (Lipinski definition) is 0. The molecule has 2 unspecified atom stereocenters. The average Bonchev–Trinajstić information content (AvgIpc) is 2.15. The molecule has 0 N–H and O–H groups in total. The summed E-state index contributed by atoms with van der Waals surface area (Å²) in [5.74, 6) is 1.89. The third-order valence-electron chi connectivity index (χ3n) is 4.03. The van der Waals surface area contributed by atoms with Crippen LogP contribution in [0.15, 0.2) is 11.6 Å². The number of fused-ring (bicyclic) bond motifs is 2. The van der Waals surface area contributed by atoms with E-state index in [9.17, 15) is 0 Å². The Morgan fingerprint density at radius 1 is 1.36 bits per heavy atom. The van der Waals surface area contributed by atoms with E-state index in [2.05, 4.69) is 26.8 Å². The van der Waals surface area contributed by atoms with Crippen molar-refractivity contribution in [3.63, 3.8) is 0 Å². The maximum absolute atomic E-state index is 2.47. The Morgan fingerprint density at radius 3 is 2.73 bits per heavy atom. The van der Waals surface area contributed by atoms with Gasteiger partial charge in [-0.2, -0.15) is 0 Å². The first-order valence-electron chi connectivity index (χ1n) is 4.79. The van der Waals surface area contributed by atoms with Gasteiger partial charge in [0.05, 0.1) is 0 Å². The SMILES string of the molecule is CC1=CCC2CCC1C2(C)C. The van der Waals surface area contributed by atoms with Crippen molar-refractivity contribution in [2.75, 3.05) is 0 Å². The monoisotopic (exact) mass is 150 g/mol. The van der Waals surface area contributed by atoms with Crippen molar-refractivity contribution in [1.82, 2.24) is 0 Å². The van der Waals surface area contributed by atoms with Gasteiger partial charge in [-0.25, -0.2) is 0 Å². The van der Waals surface area contributed by atoms with Crippen LogP contribution in [0.5, 0.6) is 0 Å². The number of rotatable bonds is 0. The third-order valence-corrected chi connectivity index (χ3v) is 4.03. The largest absolute Gasteiger partial charge is 0.0850 e. The lowest BCUT2D eigenvalue weighted by atomic mass is 9.68. The Balaban J connectivity index is 2.36. The molecule has 0 spiro atoms. The fraction of sp³-hybridized carbons (Fsp3) is 0.818. The minimum absolute atomic E-state index is 0.610. The highest BCUT2D eigenvalue weighted by atomic mass is 14.5. The van der Waals surface area contributed by atoms with Crippen LogP contribution >= 0.6 is 0 Å². The molecule has 1 saturated carbocycles. The van der Waals surface area contributed by atoms with Gasteiger partial charge in [-0.05, 0) is 43.4 Å². The maximum atomic E-state index is 2.47. The Morgan fingerprint density at radius 2 is 2.09 bits per heavy atom. The molecule has 0 heteroatoms. The molecule has 1 fully saturated rings. The van der Waals surface area contributed by atoms with Gasteiger partial charge in [-0.1, -0.05) is 25.5 Å². The van der Waals surface area contributed by atoms with E-state index in [4.69, 9.17) is 0 Å². The molecule has 0 saturated heterocycles. The second kappa shape index (κ2) is 2.12. The molecule has 0 aromatic carbocycles. The van der Waals surface area contributed by atoms with Crippen molar-refractivity contribution >= 4 is 0 Å². The third kappa shape index (κ3) is 0.881. The molecule has 2 bridgehead atoms. The van der Waals surface area contributed by atoms with E-state index in [1.165, 1.54) is 19.3 Å². The van der Waals surface area contributed by atoms with E-state index in [1.807, 2.05) is 0 Å². The maximum Gasteiger partial charge on any atom is -0.0152 e. The van der Waals surface area contributed by atoms with Gasteiger partial charge >= 0.3 is 0 Å². The van der Waals surface area contributed by atoms with E-state index in [-0.39, 0.29) is 0 Å². The minimum atomic E-state index is 0.610. The van der Waals surface area contributed by atoms with Gasteiger partial charge in [-0.3, -0.25) is 0 Å². The second-order valence-corrected chi connectivity index (χ2v) is 4.83. The molecular weight excluding hydrogens is 132 g/mol. The Hall–Kier alpha value is -0.260. The Bertz CT molecular complexity index is 198. The van der Waals surface area contributed by atoms with Gasteiger partial charge in [0, 0.05) is 0 Å². The minimum Gasteiger partial charge on any atom is -0.0850 e. The fourth-order valence-electron chi connectivity index (χ4n) is 3.10. The van der Waals surface area contributed by atoms with E-state index in [1.54, 1.807) is 5.57 Å². The average molecular weight is 150 g/mol. The first kappa shape index (κ1) is 7.39. The fourth-order valence-corrected chi connectivity index (χ4v) is 3.10. The van der Waals surface area contributed by atoms with E-state index >= 15 is 0 Å². The van der Waals surface area contributed by atoms with Crippen LogP contribution in [0.3, 0.4) is 0 Å². The highest BCUT2D eigenvalue weighted by molar-refractivity contribution is 5.17. The van der Waals surface area contributed by atoms with Crippen LogP contribution < -0.4 is 0 Å². The molecule has 2 rings (SSSR count). The first-order chi connectivity index (χ1) is 5.12. The summed E-state index contributed by atoms with van der Waals surface area (Å²) < 4.78 is 0. The van der Waals surface area contributed by atoms with Crippen molar-refractivity contribution in [2.45, 2.75) is 40.0 Å². The summed E-state index contributed by atoms with van der Waals surface area (Å²) in [5, 5.41) is 0. The number of allylic oxidation sites excluding steroid dienone is 2. The summed E-state index contributed by atoms with van der Waals surface area (Å²) in [7, 11) is 0. The van der Waals surface area contributed by atoms with Crippen LogP contribution in [0.2, 0.25) is 0 Å². The molecule has 0 aromatic rings. The van der Waals surface area contributed by atoms with Crippen molar-refractivity contribution in [2.24, 2.45) is 17.3 Å². The quantitative estimate of drug-likeness (QED) is 0.464. The summed E-state index contributed by atoms with van der Waals surface area (Å²) in [6, 6.07) is 0. The standard InChI is InChI=1S/C11H18/c1-8-4-5-9-6-7-10(8)11(9,2)3/h4,9-10H,5-7H2,1-3H3. The van der Waals surface area contributed by atoms with Gasteiger partial charge < -0.3 is 0 Å². The first-order valence-corrected chi connectivity index (χ1v) is 4.79. The molecule has 0 nitrogen and oxygen atoms in total. The van der Waals surface area contributed by atoms with E-state index in [0.717, 1.165) is 11.8 Å². The zero-order valence-electron chi connectivity index (χ0n) is 7.85. The highest BCUT2D eigenvalue weighted by Crippen LogP contribution is 2.54. The predicted octanol–water partition coefficient (Wildman–Crippen LogP) is 3.39. The normalized spacial score (nSPS) is 40.5. The summed E-state index contributed by atoms with van der Waals surface area (Å²) in [6.07, 6.45) is 6.72. The van der Waals surface area contributed by atoms with Crippen molar-refractivity contribution in [3.8, 4) is 0 Å². The zero-order valence-corrected chi connectivity index (χ0v) is 7.85. The van der Waals surface area contributed by atoms with Crippen molar-refractivity contribution in [3.05, 3.63) is 11.6 Å². The molecule has 2 atom stereocenters. The van der Waals surface area contributed by atoms with Crippen LogP contribution in [0.4, 0.5) is 0 Å². The zero-order chi connectivity index (χ0) is 8.06. The lowest BCUT2D eigenvalue weighted by molar-refractivity contribution is 0.196. The molecule has 62 valence electrons. The van der Waals surface area contributed by atoms with E-state index in [0.29, 0.717) is 5.41 Å². The lowest BCUT2D eigenvalue weighted by Crippen LogP contribution is -2.28. The molecule has 0 amide bonds. The van der Waals surface area contributed by atoms with Gasteiger partial charge in [0.2, 0.25) is 0 Å². The molecule has 0 aliphatic heterocycles. The topological polar surface area (TPSA) is 0 Å². The van der Waals surface area contributed by atoms with Gasteiger partial charge in [0.15, 0.2) is 0 Å². The molecule has 0 heterocycles. The molecule has 2 aliphatic rings. The van der Waals surface area contributed by atoms with Crippen molar-refractivity contribution in [1.29, 1.82) is 0 Å². The van der Waals surface area contributed by atoms with Crippen LogP contribution in [0.25, 0.3) is 0 Å². The van der Waals surface area contributed by atoms with Gasteiger partial charge in [0.1, 0.15) is 0 Å². The van der Waals surface area contributed by atoms with Crippen LogP contribution in [0.1, 0.15) is 40.0 Å². The second-order valence-electron chi connectivity index (χ2n) is 4.83. The number of hydrogen-bond acceptors (Lipinski definition) is 0. The van der Waals surface area contributed by atoms with Crippen molar-refractivity contribution < 1.29 is 0 Å². The molecule has 0 radical (unpaired) electrons. The van der Waals surface area contributed by atoms with Gasteiger partial charge in [0.25, 0.3) is 0 Å². The summed E-state index contributed by atoms with van der Waals surface area (Å²) in [6.45, 7) is 7.21. The van der Waals surface area contributed by atoms with Gasteiger partial charge in [-0.15, -0.1) is 0 Å². The molecule has 0 aromatic heterocycles. The molecule has 11 heavy (non-hydrogen) atoms. The summed E-state index contributed by atoms with van der Waals surface area (Å²) in [5.41, 5.74) is 2.27. The van der Waals surface area contributed by atoms with E-state index < -0.39 is 0 Å². The van der Waals surface area contributed by atoms with Crippen LogP contribution in [-0.2, 0) is 0 Å². The molecular formula is C11H18. The van der Waals surface area contributed by atoms with Crippen LogP contribution in [-0.4, -0.2) is 0 Å². The summed E-state index contributed by atoms with van der Waals surface area (Å²) >= 11 is 0. The predicted molar refractivity (Wildman–Crippen MR) is 48.4 cm³/mol. The summed E-state index contributed by atoms with van der Waals surface area (Å²) in [4.78, 5) is 0. The van der Waals surface area contributed by atoms with Crippen LogP contribution in [0, 0.1) is 17.3 Å². The Labute approximate surface area is 69.7 Å². The Kier molecular flexibility index (Phi) is 1.42. The lowest BCUT2D eigenvalue weighted by Gasteiger charge is -2.37. The highest BCUT2D eigenvalue weighted by Gasteiger charge is 2.44. The molecule has 2 aliphatic carbocycles.